The number of methoxy groups -OCH3 is 2. The highest BCUT2D eigenvalue weighted by molar-refractivity contribution is 7.92. The van der Waals surface area contributed by atoms with E-state index in [4.69, 9.17) is 9.47 Å². The van der Waals surface area contributed by atoms with E-state index in [1.54, 1.807) is 61.7 Å². The number of hydrogen-bond donors (Lipinski definition) is 2. The van der Waals surface area contributed by atoms with Gasteiger partial charge in [0.1, 0.15) is 0 Å². The van der Waals surface area contributed by atoms with Crippen LogP contribution in [0.3, 0.4) is 0 Å². The average molecular weight is 515 g/mol. The summed E-state index contributed by atoms with van der Waals surface area (Å²) in [5.41, 5.74) is 4.56. The molecule has 188 valence electrons. The summed E-state index contributed by atoms with van der Waals surface area (Å²) in [5, 5.41) is 2.11. The molecule has 5 rings (SSSR count). The molecule has 0 atom stereocenters. The van der Waals surface area contributed by atoms with E-state index in [0.29, 0.717) is 34.1 Å². The fourth-order valence-electron chi connectivity index (χ4n) is 4.38. The van der Waals surface area contributed by atoms with Gasteiger partial charge in [-0.05, 0) is 53.3 Å². The van der Waals surface area contributed by atoms with Crippen LogP contribution < -0.4 is 4.72 Å². The van der Waals surface area contributed by atoms with Gasteiger partial charge < -0.3 is 14.5 Å². The van der Waals surface area contributed by atoms with Crippen molar-refractivity contribution in [2.24, 2.45) is 0 Å². The molecular formula is C29H26N2O5S. The van der Waals surface area contributed by atoms with E-state index in [2.05, 4.69) is 21.8 Å². The minimum atomic E-state index is -3.90. The van der Waals surface area contributed by atoms with Crippen molar-refractivity contribution in [2.45, 2.75) is 11.3 Å². The average Bonchev–Trinajstić information content (AvgIpc) is 3.35. The standard InChI is InChI=1S/C29H26N2O5S/c1-35-16-15-19-7-9-20(10-8-19)27-17-21-11-12-22(18-28(21)30-27)37(33,34)31-26-14-13-25(29(32)36-2)23-5-3-4-6-24(23)26/h3-14,17-18,30-31H,15-16H2,1-2H3. The normalized spacial score (nSPS) is 11.6. The first-order chi connectivity index (χ1) is 17.9. The van der Waals surface area contributed by atoms with Crippen LogP contribution >= 0.6 is 0 Å². The molecule has 0 saturated heterocycles. The van der Waals surface area contributed by atoms with Crippen LogP contribution in [-0.2, 0) is 25.9 Å². The fourth-order valence-corrected chi connectivity index (χ4v) is 5.48. The van der Waals surface area contributed by atoms with Crippen LogP contribution in [0.15, 0.2) is 89.8 Å². The molecule has 0 spiro atoms. The summed E-state index contributed by atoms with van der Waals surface area (Å²) in [4.78, 5) is 15.6. The molecule has 2 N–H and O–H groups in total. The molecule has 0 fully saturated rings. The smallest absolute Gasteiger partial charge is 0.338 e. The van der Waals surface area contributed by atoms with Gasteiger partial charge in [-0.1, -0.05) is 54.6 Å². The maximum Gasteiger partial charge on any atom is 0.338 e. The van der Waals surface area contributed by atoms with E-state index in [-0.39, 0.29) is 4.90 Å². The van der Waals surface area contributed by atoms with Crippen LogP contribution in [-0.4, -0.2) is 40.2 Å². The highest BCUT2D eigenvalue weighted by atomic mass is 32.2. The first kappa shape index (κ1) is 24.5. The van der Waals surface area contributed by atoms with Gasteiger partial charge in [0.2, 0.25) is 0 Å². The van der Waals surface area contributed by atoms with Gasteiger partial charge in [-0.2, -0.15) is 0 Å². The Labute approximate surface area is 215 Å². The molecule has 0 bridgehead atoms. The Morgan fingerprint density at radius 1 is 0.892 bits per heavy atom. The minimum Gasteiger partial charge on any atom is -0.465 e. The van der Waals surface area contributed by atoms with Crippen molar-refractivity contribution in [2.75, 3.05) is 25.5 Å². The molecule has 7 nitrogen and oxygen atoms in total. The van der Waals surface area contributed by atoms with Gasteiger partial charge in [0.25, 0.3) is 10.0 Å². The highest BCUT2D eigenvalue weighted by Crippen LogP contribution is 2.31. The first-order valence-corrected chi connectivity index (χ1v) is 13.2. The summed E-state index contributed by atoms with van der Waals surface area (Å²) >= 11 is 0. The third kappa shape index (κ3) is 4.94. The van der Waals surface area contributed by atoms with Crippen LogP contribution in [0.1, 0.15) is 15.9 Å². The molecule has 0 aliphatic rings. The number of hydrogen-bond acceptors (Lipinski definition) is 5. The number of carbonyl (C=O) groups excluding carboxylic acids is 1. The Morgan fingerprint density at radius 2 is 1.65 bits per heavy atom. The molecule has 0 radical (unpaired) electrons. The fraction of sp³-hybridized carbons (Fsp3) is 0.138. The lowest BCUT2D eigenvalue weighted by molar-refractivity contribution is 0.0603. The molecular weight excluding hydrogens is 488 g/mol. The van der Waals surface area contributed by atoms with Gasteiger partial charge in [0.15, 0.2) is 0 Å². The Kier molecular flexibility index (Phi) is 6.69. The maximum absolute atomic E-state index is 13.3. The van der Waals surface area contributed by atoms with Crippen molar-refractivity contribution < 1.29 is 22.7 Å². The first-order valence-electron chi connectivity index (χ1n) is 11.7. The van der Waals surface area contributed by atoms with Crippen molar-refractivity contribution in [3.63, 3.8) is 0 Å². The lowest BCUT2D eigenvalue weighted by Gasteiger charge is -2.13. The van der Waals surface area contributed by atoms with Crippen molar-refractivity contribution in [1.82, 2.24) is 4.98 Å². The van der Waals surface area contributed by atoms with Crippen LogP contribution in [0, 0.1) is 0 Å². The predicted octanol–water partition coefficient (Wildman–Crippen LogP) is 5.76. The zero-order chi connectivity index (χ0) is 26.0. The quantitative estimate of drug-likeness (QED) is 0.257. The van der Waals surface area contributed by atoms with Gasteiger partial charge >= 0.3 is 5.97 Å². The number of sulfonamides is 1. The maximum atomic E-state index is 13.3. The number of aromatic nitrogens is 1. The SMILES string of the molecule is COCCc1ccc(-c2cc3ccc(S(=O)(=O)Nc4ccc(C(=O)OC)c5ccccc45)cc3[nH]2)cc1. The number of rotatable bonds is 8. The topological polar surface area (TPSA) is 97.5 Å². The van der Waals surface area contributed by atoms with Crippen molar-refractivity contribution in [3.8, 4) is 11.3 Å². The van der Waals surface area contributed by atoms with Gasteiger partial charge in [0, 0.05) is 29.1 Å². The number of fused-ring (bicyclic) bond motifs is 2. The van der Waals surface area contributed by atoms with Crippen molar-refractivity contribution in [1.29, 1.82) is 0 Å². The molecule has 8 heteroatoms. The van der Waals surface area contributed by atoms with Crippen molar-refractivity contribution in [3.05, 3.63) is 96.1 Å². The molecule has 4 aromatic carbocycles. The van der Waals surface area contributed by atoms with Gasteiger partial charge in [0.05, 0.1) is 29.9 Å². The summed E-state index contributed by atoms with van der Waals surface area (Å²) in [6.45, 7) is 0.669. The largest absolute Gasteiger partial charge is 0.465 e. The Hall–Kier alpha value is -4.14. The van der Waals surface area contributed by atoms with E-state index < -0.39 is 16.0 Å². The van der Waals surface area contributed by atoms with Crippen LogP contribution in [0.4, 0.5) is 5.69 Å². The van der Waals surface area contributed by atoms with E-state index in [1.165, 1.54) is 12.7 Å². The second-order valence-corrected chi connectivity index (χ2v) is 10.4. The molecule has 37 heavy (non-hydrogen) atoms. The van der Waals surface area contributed by atoms with E-state index >= 15 is 0 Å². The Balaban J connectivity index is 1.45. The third-order valence-corrected chi connectivity index (χ3v) is 7.70. The molecule has 0 amide bonds. The monoisotopic (exact) mass is 514 g/mol. The number of esters is 1. The predicted molar refractivity (Wildman–Crippen MR) is 145 cm³/mol. The zero-order valence-corrected chi connectivity index (χ0v) is 21.3. The molecule has 0 saturated carbocycles. The zero-order valence-electron chi connectivity index (χ0n) is 20.4. The molecule has 1 aromatic heterocycles. The van der Waals surface area contributed by atoms with Crippen LogP contribution in [0.25, 0.3) is 32.9 Å². The third-order valence-electron chi connectivity index (χ3n) is 6.34. The van der Waals surface area contributed by atoms with E-state index in [9.17, 15) is 13.2 Å². The van der Waals surface area contributed by atoms with Crippen molar-refractivity contribution >= 4 is 43.4 Å². The molecule has 0 aliphatic carbocycles. The second-order valence-electron chi connectivity index (χ2n) is 8.68. The van der Waals surface area contributed by atoms with Gasteiger partial charge in [-0.15, -0.1) is 0 Å². The molecule has 1 heterocycles. The second kappa shape index (κ2) is 10.1. The highest BCUT2D eigenvalue weighted by Gasteiger charge is 2.19. The number of aromatic amines is 1. The number of carbonyl (C=O) groups is 1. The number of ether oxygens (including phenoxy) is 2. The Bertz CT molecular complexity index is 1710. The number of anilines is 1. The molecule has 0 unspecified atom stereocenters. The summed E-state index contributed by atoms with van der Waals surface area (Å²) in [5.74, 6) is -0.483. The lowest BCUT2D eigenvalue weighted by Crippen LogP contribution is -2.13. The van der Waals surface area contributed by atoms with Crippen LogP contribution in [0.2, 0.25) is 0 Å². The number of benzene rings is 4. The van der Waals surface area contributed by atoms with Gasteiger partial charge in [-0.3, -0.25) is 4.72 Å². The summed E-state index contributed by atoms with van der Waals surface area (Å²) in [6, 6.07) is 25.4. The summed E-state index contributed by atoms with van der Waals surface area (Å²) < 4.78 is 39.4. The number of H-pyrrole nitrogens is 1. The summed E-state index contributed by atoms with van der Waals surface area (Å²) in [6.07, 6.45) is 0.846. The van der Waals surface area contributed by atoms with Gasteiger partial charge in [-0.25, -0.2) is 13.2 Å². The molecule has 5 aromatic rings. The molecule has 0 aliphatic heterocycles. The Morgan fingerprint density at radius 3 is 2.38 bits per heavy atom. The number of nitrogens with one attached hydrogen (secondary N) is 2. The summed E-state index contributed by atoms with van der Waals surface area (Å²) in [7, 11) is -0.903. The van der Waals surface area contributed by atoms with Crippen LogP contribution in [0.5, 0.6) is 0 Å². The van der Waals surface area contributed by atoms with E-state index in [0.717, 1.165) is 23.1 Å². The minimum absolute atomic E-state index is 0.129. The lowest BCUT2D eigenvalue weighted by atomic mass is 10.0. The van der Waals surface area contributed by atoms with E-state index in [1.807, 2.05) is 18.2 Å².